The highest BCUT2D eigenvalue weighted by molar-refractivity contribution is 9.10. The number of benzene rings is 1. The Hall–Kier alpha value is -1.43. The quantitative estimate of drug-likeness (QED) is 0.855. The Morgan fingerprint density at radius 1 is 1.26 bits per heavy atom. The molecule has 6 heteroatoms. The SMILES string of the molecule is CC(C)(C)OC(=O)Nc1cc2c(cc1Br)OCCO2. The van der Waals surface area contributed by atoms with Gasteiger partial charge in [0.15, 0.2) is 11.5 Å². The molecule has 1 N–H and O–H groups in total. The van der Waals surface area contributed by atoms with Crippen molar-refractivity contribution >= 4 is 27.7 Å². The van der Waals surface area contributed by atoms with Crippen LogP contribution in [0.25, 0.3) is 0 Å². The fourth-order valence-electron chi connectivity index (χ4n) is 1.57. The van der Waals surface area contributed by atoms with E-state index in [-0.39, 0.29) is 0 Å². The number of anilines is 1. The van der Waals surface area contributed by atoms with Crippen molar-refractivity contribution in [1.29, 1.82) is 0 Å². The Morgan fingerprint density at radius 3 is 2.42 bits per heavy atom. The fourth-order valence-corrected chi connectivity index (χ4v) is 1.99. The molecule has 1 aliphatic heterocycles. The molecule has 0 saturated heterocycles. The van der Waals surface area contributed by atoms with Gasteiger partial charge in [-0.2, -0.15) is 0 Å². The number of ether oxygens (including phenoxy) is 3. The topological polar surface area (TPSA) is 56.8 Å². The van der Waals surface area contributed by atoms with Crippen LogP contribution in [0.5, 0.6) is 11.5 Å². The summed E-state index contributed by atoms with van der Waals surface area (Å²) in [5.74, 6) is 1.27. The highest BCUT2D eigenvalue weighted by Gasteiger charge is 2.19. The Labute approximate surface area is 120 Å². The van der Waals surface area contributed by atoms with Crippen LogP contribution in [0.1, 0.15) is 20.8 Å². The van der Waals surface area contributed by atoms with Crippen LogP contribution >= 0.6 is 15.9 Å². The minimum atomic E-state index is -0.537. The molecule has 104 valence electrons. The maximum absolute atomic E-state index is 11.7. The summed E-state index contributed by atoms with van der Waals surface area (Å²) < 4.78 is 16.8. The summed E-state index contributed by atoms with van der Waals surface area (Å²) in [4.78, 5) is 11.7. The number of amides is 1. The second-order valence-corrected chi connectivity index (χ2v) is 5.96. The van der Waals surface area contributed by atoms with Gasteiger partial charge in [0.1, 0.15) is 18.8 Å². The summed E-state index contributed by atoms with van der Waals surface area (Å²) in [7, 11) is 0. The standard InChI is InChI=1S/C13H16BrNO4/c1-13(2,3)19-12(16)15-9-7-11-10(6-8(9)14)17-4-5-18-11/h6-7H,4-5H2,1-3H3,(H,15,16). The molecule has 0 saturated carbocycles. The summed E-state index contributed by atoms with van der Waals surface area (Å²) in [6.45, 7) is 6.46. The number of halogens is 1. The highest BCUT2D eigenvalue weighted by Crippen LogP contribution is 2.38. The summed E-state index contributed by atoms with van der Waals surface area (Å²) in [5.41, 5.74) is 0.0446. The fraction of sp³-hybridized carbons (Fsp3) is 0.462. The summed E-state index contributed by atoms with van der Waals surface area (Å²) in [6.07, 6.45) is -0.509. The highest BCUT2D eigenvalue weighted by atomic mass is 79.9. The number of nitrogens with one attached hydrogen (secondary N) is 1. The van der Waals surface area contributed by atoms with Crippen molar-refractivity contribution in [3.63, 3.8) is 0 Å². The normalized spacial score (nSPS) is 13.9. The molecule has 1 amide bonds. The number of rotatable bonds is 1. The predicted molar refractivity (Wildman–Crippen MR) is 75.0 cm³/mol. The van der Waals surface area contributed by atoms with E-state index in [1.807, 2.05) is 20.8 Å². The van der Waals surface area contributed by atoms with Crippen molar-refractivity contribution < 1.29 is 19.0 Å². The minimum Gasteiger partial charge on any atom is -0.486 e. The maximum atomic E-state index is 11.7. The van der Waals surface area contributed by atoms with Crippen LogP contribution in [0.3, 0.4) is 0 Å². The van der Waals surface area contributed by atoms with E-state index < -0.39 is 11.7 Å². The first kappa shape index (κ1) is 14.0. The number of fused-ring (bicyclic) bond motifs is 1. The molecule has 1 aromatic rings. The van der Waals surface area contributed by atoms with Gasteiger partial charge in [-0.05, 0) is 36.7 Å². The number of carbonyl (C=O) groups is 1. The monoisotopic (exact) mass is 329 g/mol. The molecule has 1 aliphatic rings. The Balaban J connectivity index is 2.14. The number of hydrogen-bond acceptors (Lipinski definition) is 4. The van der Waals surface area contributed by atoms with Crippen molar-refractivity contribution in [2.45, 2.75) is 26.4 Å². The van der Waals surface area contributed by atoms with E-state index in [1.165, 1.54) is 0 Å². The zero-order valence-corrected chi connectivity index (χ0v) is 12.7. The lowest BCUT2D eigenvalue weighted by Gasteiger charge is -2.22. The van der Waals surface area contributed by atoms with E-state index in [2.05, 4.69) is 21.2 Å². The molecule has 2 rings (SSSR count). The van der Waals surface area contributed by atoms with Gasteiger partial charge in [0.25, 0.3) is 0 Å². The van der Waals surface area contributed by atoms with E-state index in [9.17, 15) is 4.79 Å². The van der Waals surface area contributed by atoms with Crippen LogP contribution in [-0.4, -0.2) is 24.9 Å². The van der Waals surface area contributed by atoms with Crippen LogP contribution in [0.15, 0.2) is 16.6 Å². The third-order valence-corrected chi connectivity index (χ3v) is 2.92. The first-order valence-corrected chi connectivity index (χ1v) is 6.73. The lowest BCUT2D eigenvalue weighted by Crippen LogP contribution is -2.27. The van der Waals surface area contributed by atoms with Crippen LogP contribution in [-0.2, 0) is 4.74 Å². The molecule has 0 radical (unpaired) electrons. The summed E-state index contributed by atoms with van der Waals surface area (Å²) >= 11 is 3.38. The van der Waals surface area contributed by atoms with Crippen molar-refractivity contribution in [3.05, 3.63) is 16.6 Å². The van der Waals surface area contributed by atoms with Gasteiger partial charge in [0, 0.05) is 16.6 Å². The van der Waals surface area contributed by atoms with E-state index in [0.717, 1.165) is 0 Å². The molecule has 0 atom stereocenters. The first-order chi connectivity index (χ1) is 8.85. The van der Waals surface area contributed by atoms with E-state index in [0.29, 0.717) is 34.9 Å². The predicted octanol–water partition coefficient (Wildman–Crippen LogP) is 3.57. The average molecular weight is 330 g/mol. The second kappa shape index (κ2) is 5.28. The third-order valence-electron chi connectivity index (χ3n) is 2.27. The van der Waals surface area contributed by atoms with Gasteiger partial charge < -0.3 is 14.2 Å². The van der Waals surface area contributed by atoms with Crippen molar-refractivity contribution in [2.75, 3.05) is 18.5 Å². The van der Waals surface area contributed by atoms with Gasteiger partial charge in [0.2, 0.25) is 0 Å². The zero-order valence-electron chi connectivity index (χ0n) is 11.1. The summed E-state index contributed by atoms with van der Waals surface area (Å²) in [5, 5.41) is 2.67. The molecule has 0 aromatic heterocycles. The maximum Gasteiger partial charge on any atom is 0.412 e. The van der Waals surface area contributed by atoms with Gasteiger partial charge in [-0.3, -0.25) is 5.32 Å². The van der Waals surface area contributed by atoms with Crippen LogP contribution < -0.4 is 14.8 Å². The molecule has 0 fully saturated rings. The Kier molecular flexibility index (Phi) is 3.89. The number of carbonyl (C=O) groups excluding carboxylic acids is 1. The van der Waals surface area contributed by atoms with E-state index in [1.54, 1.807) is 12.1 Å². The van der Waals surface area contributed by atoms with Gasteiger partial charge in [-0.25, -0.2) is 4.79 Å². The molecule has 1 heterocycles. The second-order valence-electron chi connectivity index (χ2n) is 5.10. The molecule has 0 bridgehead atoms. The average Bonchev–Trinajstić information content (AvgIpc) is 2.27. The molecular formula is C13H16BrNO4. The third kappa shape index (κ3) is 3.76. The van der Waals surface area contributed by atoms with E-state index >= 15 is 0 Å². The Morgan fingerprint density at radius 2 is 1.84 bits per heavy atom. The minimum absolute atomic E-state index is 0.501. The van der Waals surface area contributed by atoms with E-state index in [4.69, 9.17) is 14.2 Å². The lowest BCUT2D eigenvalue weighted by atomic mass is 10.2. The molecule has 5 nitrogen and oxygen atoms in total. The molecule has 0 aliphatic carbocycles. The van der Waals surface area contributed by atoms with Crippen LogP contribution in [0.2, 0.25) is 0 Å². The van der Waals surface area contributed by atoms with Crippen molar-refractivity contribution in [2.24, 2.45) is 0 Å². The summed E-state index contributed by atoms with van der Waals surface area (Å²) in [6, 6.07) is 3.48. The van der Waals surface area contributed by atoms with Crippen molar-refractivity contribution in [3.8, 4) is 11.5 Å². The Bertz CT molecular complexity index is 496. The molecule has 19 heavy (non-hydrogen) atoms. The van der Waals surface area contributed by atoms with Crippen LogP contribution in [0.4, 0.5) is 10.5 Å². The van der Waals surface area contributed by atoms with Gasteiger partial charge >= 0.3 is 6.09 Å². The smallest absolute Gasteiger partial charge is 0.412 e. The molecular weight excluding hydrogens is 314 g/mol. The zero-order chi connectivity index (χ0) is 14.0. The van der Waals surface area contributed by atoms with Crippen LogP contribution in [0, 0.1) is 0 Å². The van der Waals surface area contributed by atoms with Gasteiger partial charge in [0.05, 0.1) is 5.69 Å². The number of hydrogen-bond donors (Lipinski definition) is 1. The van der Waals surface area contributed by atoms with Crippen molar-refractivity contribution in [1.82, 2.24) is 0 Å². The first-order valence-electron chi connectivity index (χ1n) is 5.94. The molecule has 0 unspecified atom stereocenters. The molecule has 1 aromatic carbocycles. The largest absolute Gasteiger partial charge is 0.486 e. The molecule has 0 spiro atoms. The van der Waals surface area contributed by atoms with Gasteiger partial charge in [-0.1, -0.05) is 0 Å². The van der Waals surface area contributed by atoms with Gasteiger partial charge in [-0.15, -0.1) is 0 Å². The lowest BCUT2D eigenvalue weighted by molar-refractivity contribution is 0.0635.